The standard InChI is InChI=1S/C17H23N3/c1-11(2)13-4-6-14(7-5-13)16-10-20-9-15(18)8-12(3)17(20)19-16/h4-7,10-12,15H,8-9,18H2,1-3H3. The summed E-state index contributed by atoms with van der Waals surface area (Å²) in [6.45, 7) is 7.53. The normalized spacial score (nSPS) is 22.1. The van der Waals surface area contributed by atoms with E-state index >= 15 is 0 Å². The summed E-state index contributed by atoms with van der Waals surface area (Å²) in [6.07, 6.45) is 3.18. The second kappa shape index (κ2) is 5.06. The van der Waals surface area contributed by atoms with Crippen molar-refractivity contribution in [3.8, 4) is 11.3 Å². The summed E-state index contributed by atoms with van der Waals surface area (Å²) < 4.78 is 2.23. The van der Waals surface area contributed by atoms with Crippen LogP contribution in [0.2, 0.25) is 0 Å². The molecule has 0 amide bonds. The molecular formula is C17H23N3. The van der Waals surface area contributed by atoms with Gasteiger partial charge in [0, 0.05) is 30.3 Å². The number of aromatic nitrogens is 2. The van der Waals surface area contributed by atoms with Crippen LogP contribution in [0.25, 0.3) is 11.3 Å². The lowest BCUT2D eigenvalue weighted by molar-refractivity contribution is 0.407. The van der Waals surface area contributed by atoms with Gasteiger partial charge in [-0.2, -0.15) is 0 Å². The van der Waals surface area contributed by atoms with Crippen LogP contribution in [-0.4, -0.2) is 15.6 Å². The number of fused-ring (bicyclic) bond motifs is 1. The van der Waals surface area contributed by atoms with Gasteiger partial charge in [0.05, 0.1) is 5.69 Å². The molecule has 106 valence electrons. The molecule has 1 aromatic carbocycles. The van der Waals surface area contributed by atoms with Gasteiger partial charge in [-0.15, -0.1) is 0 Å². The Kier molecular flexibility index (Phi) is 3.38. The third-order valence-corrected chi connectivity index (χ3v) is 4.21. The lowest BCUT2D eigenvalue weighted by Gasteiger charge is -2.25. The van der Waals surface area contributed by atoms with Crippen molar-refractivity contribution in [1.82, 2.24) is 9.55 Å². The average Bonchev–Trinajstić information content (AvgIpc) is 2.83. The monoisotopic (exact) mass is 269 g/mol. The molecule has 0 saturated heterocycles. The van der Waals surface area contributed by atoms with E-state index in [1.807, 2.05) is 0 Å². The smallest absolute Gasteiger partial charge is 0.112 e. The Labute approximate surface area is 120 Å². The summed E-state index contributed by atoms with van der Waals surface area (Å²) in [5.74, 6) is 2.19. The number of rotatable bonds is 2. The number of hydrogen-bond donors (Lipinski definition) is 1. The molecule has 20 heavy (non-hydrogen) atoms. The molecule has 0 bridgehead atoms. The summed E-state index contributed by atoms with van der Waals surface area (Å²) in [5.41, 5.74) is 9.72. The molecule has 3 nitrogen and oxygen atoms in total. The summed E-state index contributed by atoms with van der Waals surface area (Å²) >= 11 is 0. The molecule has 1 aromatic heterocycles. The van der Waals surface area contributed by atoms with Gasteiger partial charge in [0.15, 0.2) is 0 Å². The molecule has 2 N–H and O–H groups in total. The maximum absolute atomic E-state index is 6.09. The number of imidazole rings is 1. The van der Waals surface area contributed by atoms with Crippen LogP contribution in [0.3, 0.4) is 0 Å². The van der Waals surface area contributed by atoms with Crippen molar-refractivity contribution < 1.29 is 0 Å². The fourth-order valence-corrected chi connectivity index (χ4v) is 3.03. The number of nitrogens with two attached hydrogens (primary N) is 1. The zero-order valence-corrected chi connectivity index (χ0v) is 12.5. The van der Waals surface area contributed by atoms with Crippen LogP contribution < -0.4 is 5.73 Å². The van der Waals surface area contributed by atoms with E-state index in [4.69, 9.17) is 10.7 Å². The largest absolute Gasteiger partial charge is 0.332 e. The van der Waals surface area contributed by atoms with E-state index in [0.29, 0.717) is 11.8 Å². The highest BCUT2D eigenvalue weighted by molar-refractivity contribution is 5.59. The highest BCUT2D eigenvalue weighted by Gasteiger charge is 2.24. The fraction of sp³-hybridized carbons (Fsp3) is 0.471. The molecule has 0 saturated carbocycles. The van der Waals surface area contributed by atoms with E-state index in [-0.39, 0.29) is 6.04 Å². The number of hydrogen-bond acceptors (Lipinski definition) is 2. The van der Waals surface area contributed by atoms with Gasteiger partial charge in [-0.25, -0.2) is 4.98 Å². The van der Waals surface area contributed by atoms with Crippen LogP contribution in [0.1, 0.15) is 50.4 Å². The van der Waals surface area contributed by atoms with E-state index < -0.39 is 0 Å². The minimum absolute atomic E-state index is 0.253. The van der Waals surface area contributed by atoms with E-state index in [1.54, 1.807) is 0 Å². The van der Waals surface area contributed by atoms with E-state index in [2.05, 4.69) is 55.8 Å². The zero-order valence-electron chi connectivity index (χ0n) is 12.5. The van der Waals surface area contributed by atoms with Crippen molar-refractivity contribution in [2.75, 3.05) is 0 Å². The van der Waals surface area contributed by atoms with Crippen molar-refractivity contribution in [3.05, 3.63) is 41.9 Å². The molecule has 2 heterocycles. The Bertz CT molecular complexity index is 595. The quantitative estimate of drug-likeness (QED) is 0.906. The minimum Gasteiger partial charge on any atom is -0.332 e. The predicted octanol–water partition coefficient (Wildman–Crippen LogP) is 3.51. The average molecular weight is 269 g/mol. The van der Waals surface area contributed by atoms with Gasteiger partial charge in [-0.05, 0) is 17.9 Å². The first-order valence-corrected chi connectivity index (χ1v) is 7.47. The zero-order chi connectivity index (χ0) is 14.3. The Morgan fingerprint density at radius 2 is 1.95 bits per heavy atom. The van der Waals surface area contributed by atoms with Gasteiger partial charge >= 0.3 is 0 Å². The van der Waals surface area contributed by atoms with Crippen molar-refractivity contribution in [3.63, 3.8) is 0 Å². The van der Waals surface area contributed by atoms with Crippen molar-refractivity contribution >= 4 is 0 Å². The Morgan fingerprint density at radius 3 is 2.60 bits per heavy atom. The van der Waals surface area contributed by atoms with Gasteiger partial charge in [-0.1, -0.05) is 45.0 Å². The van der Waals surface area contributed by atoms with Crippen molar-refractivity contribution in [2.24, 2.45) is 5.73 Å². The summed E-state index contributed by atoms with van der Waals surface area (Å²) in [5, 5.41) is 0. The van der Waals surface area contributed by atoms with Gasteiger partial charge in [0.1, 0.15) is 5.82 Å². The molecule has 2 aromatic rings. The SMILES string of the molecule is CC(C)c1ccc(-c2cn3c(n2)C(C)CC(N)C3)cc1. The van der Waals surface area contributed by atoms with Crippen molar-refractivity contribution in [2.45, 2.75) is 51.6 Å². The van der Waals surface area contributed by atoms with E-state index in [1.165, 1.54) is 17.0 Å². The molecule has 0 aliphatic carbocycles. The first kappa shape index (κ1) is 13.4. The highest BCUT2D eigenvalue weighted by Crippen LogP contribution is 2.29. The van der Waals surface area contributed by atoms with Crippen LogP contribution in [0.4, 0.5) is 0 Å². The molecule has 2 unspecified atom stereocenters. The lowest BCUT2D eigenvalue weighted by Crippen LogP contribution is -2.33. The topological polar surface area (TPSA) is 43.8 Å². The van der Waals surface area contributed by atoms with E-state index in [0.717, 1.165) is 18.7 Å². The highest BCUT2D eigenvalue weighted by atomic mass is 15.1. The Morgan fingerprint density at radius 1 is 1.25 bits per heavy atom. The summed E-state index contributed by atoms with van der Waals surface area (Å²) in [6, 6.07) is 9.01. The number of benzene rings is 1. The molecule has 3 heteroatoms. The maximum Gasteiger partial charge on any atom is 0.112 e. The second-order valence-electron chi connectivity index (χ2n) is 6.31. The predicted molar refractivity (Wildman–Crippen MR) is 82.8 cm³/mol. The minimum atomic E-state index is 0.253. The summed E-state index contributed by atoms with van der Waals surface area (Å²) in [7, 11) is 0. The van der Waals surface area contributed by atoms with E-state index in [9.17, 15) is 0 Å². The third-order valence-electron chi connectivity index (χ3n) is 4.21. The molecule has 0 radical (unpaired) electrons. The molecule has 3 rings (SSSR count). The molecular weight excluding hydrogens is 246 g/mol. The molecule has 1 aliphatic rings. The first-order chi connectivity index (χ1) is 9.54. The second-order valence-corrected chi connectivity index (χ2v) is 6.31. The van der Waals surface area contributed by atoms with Gasteiger partial charge < -0.3 is 10.3 Å². The summed E-state index contributed by atoms with van der Waals surface area (Å²) in [4.78, 5) is 4.82. The fourth-order valence-electron chi connectivity index (χ4n) is 3.03. The molecule has 0 spiro atoms. The van der Waals surface area contributed by atoms with Gasteiger partial charge in [0.25, 0.3) is 0 Å². The van der Waals surface area contributed by atoms with Gasteiger partial charge in [-0.3, -0.25) is 0 Å². The molecule has 1 aliphatic heterocycles. The Hall–Kier alpha value is -1.61. The van der Waals surface area contributed by atoms with Crippen molar-refractivity contribution in [1.29, 1.82) is 0 Å². The molecule has 2 atom stereocenters. The van der Waals surface area contributed by atoms with Gasteiger partial charge in [0.2, 0.25) is 0 Å². The van der Waals surface area contributed by atoms with Crippen LogP contribution in [0.15, 0.2) is 30.5 Å². The van der Waals surface area contributed by atoms with Crippen LogP contribution in [0.5, 0.6) is 0 Å². The van der Waals surface area contributed by atoms with Crippen LogP contribution >= 0.6 is 0 Å². The van der Waals surface area contributed by atoms with Crippen LogP contribution in [0, 0.1) is 0 Å². The number of nitrogens with zero attached hydrogens (tertiary/aromatic N) is 2. The molecule has 0 fully saturated rings. The first-order valence-electron chi connectivity index (χ1n) is 7.47. The lowest BCUT2D eigenvalue weighted by atomic mass is 9.98. The maximum atomic E-state index is 6.09. The Balaban J connectivity index is 1.93. The third kappa shape index (κ3) is 2.38. The van der Waals surface area contributed by atoms with Crippen LogP contribution in [-0.2, 0) is 6.54 Å².